The van der Waals surface area contributed by atoms with Gasteiger partial charge in [0.1, 0.15) is 23.9 Å². The number of hydrazine groups is 1. The first kappa shape index (κ1) is 13.4. The lowest BCUT2D eigenvalue weighted by Gasteiger charge is -2.08. The number of aromatic nitrogens is 2. The number of ether oxygens (including phenoxy) is 3. The van der Waals surface area contributed by atoms with Gasteiger partial charge in [0.05, 0.1) is 14.2 Å². The van der Waals surface area contributed by atoms with Gasteiger partial charge in [-0.15, -0.1) is 10.2 Å². The van der Waals surface area contributed by atoms with Crippen LogP contribution >= 0.6 is 11.3 Å². The van der Waals surface area contributed by atoms with Gasteiger partial charge in [-0.2, -0.15) is 0 Å². The molecule has 0 spiro atoms. The molecule has 0 bridgehead atoms. The van der Waals surface area contributed by atoms with Crippen LogP contribution < -0.4 is 25.5 Å². The van der Waals surface area contributed by atoms with Gasteiger partial charge in [-0.3, -0.25) is 5.43 Å². The number of nitrogens with zero attached hydrogens (tertiary/aromatic N) is 2. The number of benzene rings is 1. The summed E-state index contributed by atoms with van der Waals surface area (Å²) in [7, 11) is 3.17. The lowest BCUT2D eigenvalue weighted by molar-refractivity contribution is 0.299. The summed E-state index contributed by atoms with van der Waals surface area (Å²) < 4.78 is 15.9. The van der Waals surface area contributed by atoms with Crippen LogP contribution in [0.2, 0.25) is 0 Å². The molecule has 7 nitrogen and oxygen atoms in total. The highest BCUT2D eigenvalue weighted by Crippen LogP contribution is 2.28. The van der Waals surface area contributed by atoms with E-state index in [1.807, 2.05) is 0 Å². The van der Waals surface area contributed by atoms with Gasteiger partial charge in [0.2, 0.25) is 5.13 Å². The van der Waals surface area contributed by atoms with Crippen molar-refractivity contribution in [3.8, 4) is 17.2 Å². The van der Waals surface area contributed by atoms with Crippen LogP contribution in [0, 0.1) is 0 Å². The first-order chi connectivity index (χ1) is 9.25. The predicted octanol–water partition coefficient (Wildman–Crippen LogP) is 1.42. The number of rotatable bonds is 6. The van der Waals surface area contributed by atoms with Crippen LogP contribution in [0.3, 0.4) is 0 Å². The molecule has 0 aliphatic carbocycles. The molecule has 0 fully saturated rings. The van der Waals surface area contributed by atoms with Crippen molar-refractivity contribution in [3.05, 3.63) is 23.2 Å². The molecular weight excluding hydrogens is 268 g/mol. The Balaban J connectivity index is 2.05. The van der Waals surface area contributed by atoms with Gasteiger partial charge in [-0.1, -0.05) is 11.3 Å². The molecule has 0 unspecified atom stereocenters. The molecule has 2 aromatic rings. The van der Waals surface area contributed by atoms with Gasteiger partial charge >= 0.3 is 0 Å². The lowest BCUT2D eigenvalue weighted by atomic mass is 10.3. The van der Waals surface area contributed by atoms with E-state index in [1.165, 1.54) is 11.3 Å². The van der Waals surface area contributed by atoms with Crippen LogP contribution in [0.1, 0.15) is 5.01 Å². The molecule has 0 aliphatic rings. The molecule has 19 heavy (non-hydrogen) atoms. The van der Waals surface area contributed by atoms with Gasteiger partial charge in [0.15, 0.2) is 5.01 Å². The molecule has 8 heteroatoms. The van der Waals surface area contributed by atoms with Gasteiger partial charge in [0.25, 0.3) is 0 Å². The van der Waals surface area contributed by atoms with Crippen LogP contribution in [-0.2, 0) is 6.61 Å². The van der Waals surface area contributed by atoms with E-state index in [-0.39, 0.29) is 0 Å². The normalized spacial score (nSPS) is 10.1. The average Bonchev–Trinajstić information content (AvgIpc) is 2.92. The smallest absolute Gasteiger partial charge is 0.219 e. The van der Waals surface area contributed by atoms with E-state index in [1.54, 1.807) is 32.4 Å². The van der Waals surface area contributed by atoms with Gasteiger partial charge in [-0.25, -0.2) is 5.84 Å². The maximum absolute atomic E-state index is 5.61. The number of hydrogen-bond acceptors (Lipinski definition) is 8. The molecule has 0 saturated heterocycles. The average molecular weight is 282 g/mol. The second kappa shape index (κ2) is 6.21. The molecule has 3 N–H and O–H groups in total. The third kappa shape index (κ3) is 3.46. The lowest BCUT2D eigenvalue weighted by Crippen LogP contribution is -2.05. The first-order valence-electron chi connectivity index (χ1n) is 5.40. The maximum Gasteiger partial charge on any atom is 0.219 e. The van der Waals surface area contributed by atoms with E-state index in [0.717, 1.165) is 5.01 Å². The van der Waals surface area contributed by atoms with Crippen molar-refractivity contribution in [2.75, 3.05) is 19.6 Å². The van der Waals surface area contributed by atoms with Crippen molar-refractivity contribution in [3.63, 3.8) is 0 Å². The van der Waals surface area contributed by atoms with E-state index in [0.29, 0.717) is 29.0 Å². The number of nitrogen functional groups attached to an aromatic ring is 1. The number of anilines is 1. The minimum atomic E-state index is 0.301. The maximum atomic E-state index is 5.61. The van der Waals surface area contributed by atoms with Crippen LogP contribution in [0.15, 0.2) is 18.2 Å². The van der Waals surface area contributed by atoms with Crippen LogP contribution in [0.5, 0.6) is 17.2 Å². The van der Waals surface area contributed by atoms with E-state index in [9.17, 15) is 0 Å². The summed E-state index contributed by atoms with van der Waals surface area (Å²) in [6.45, 7) is 0.301. The summed E-state index contributed by atoms with van der Waals surface area (Å²) in [4.78, 5) is 0. The fourth-order valence-corrected chi connectivity index (χ4v) is 1.94. The molecular formula is C11H14N4O3S. The summed E-state index contributed by atoms with van der Waals surface area (Å²) >= 11 is 1.33. The Morgan fingerprint density at radius 3 is 2.26 bits per heavy atom. The minimum Gasteiger partial charge on any atom is -0.496 e. The summed E-state index contributed by atoms with van der Waals surface area (Å²) in [5.74, 6) is 7.19. The Morgan fingerprint density at radius 1 is 1.11 bits per heavy atom. The van der Waals surface area contributed by atoms with Crippen molar-refractivity contribution in [2.45, 2.75) is 6.61 Å². The largest absolute Gasteiger partial charge is 0.496 e. The highest BCUT2D eigenvalue weighted by Gasteiger charge is 2.06. The number of nitrogens with one attached hydrogen (secondary N) is 1. The minimum absolute atomic E-state index is 0.301. The van der Waals surface area contributed by atoms with Crippen molar-refractivity contribution in [2.24, 2.45) is 5.84 Å². The quantitative estimate of drug-likeness (QED) is 0.611. The van der Waals surface area contributed by atoms with E-state index in [4.69, 9.17) is 20.1 Å². The van der Waals surface area contributed by atoms with Crippen molar-refractivity contribution < 1.29 is 14.2 Å². The second-order valence-electron chi connectivity index (χ2n) is 3.48. The third-order valence-corrected chi connectivity index (χ3v) is 3.11. The van der Waals surface area contributed by atoms with E-state index >= 15 is 0 Å². The molecule has 0 saturated carbocycles. The Hall–Kier alpha value is -2.06. The fraction of sp³-hybridized carbons (Fsp3) is 0.273. The third-order valence-electron chi connectivity index (χ3n) is 2.28. The fourth-order valence-electron chi connectivity index (χ4n) is 1.38. The second-order valence-corrected chi connectivity index (χ2v) is 4.54. The number of hydrogen-bond donors (Lipinski definition) is 2. The monoisotopic (exact) mass is 282 g/mol. The van der Waals surface area contributed by atoms with Gasteiger partial charge in [0, 0.05) is 18.2 Å². The standard InChI is InChI=1S/C11H14N4O3S/c1-16-7-3-8(17-2)5-9(4-7)18-6-10-14-15-11(13-12)19-10/h3-5H,6,12H2,1-2H3,(H,13,15). The van der Waals surface area contributed by atoms with Gasteiger partial charge in [-0.05, 0) is 0 Å². The highest BCUT2D eigenvalue weighted by molar-refractivity contribution is 7.15. The predicted molar refractivity (Wildman–Crippen MR) is 71.6 cm³/mol. The van der Waals surface area contributed by atoms with Crippen LogP contribution in [-0.4, -0.2) is 24.4 Å². The topological polar surface area (TPSA) is 91.5 Å². The molecule has 102 valence electrons. The Kier molecular flexibility index (Phi) is 4.37. The van der Waals surface area contributed by atoms with Crippen LogP contribution in [0.4, 0.5) is 5.13 Å². The molecule has 1 aromatic carbocycles. The number of nitrogens with two attached hydrogens (primary N) is 1. The molecule has 0 aliphatic heterocycles. The van der Waals surface area contributed by atoms with Crippen molar-refractivity contribution >= 4 is 16.5 Å². The molecule has 2 rings (SSSR count). The summed E-state index contributed by atoms with van der Waals surface area (Å²) in [6, 6.07) is 5.31. The number of methoxy groups -OCH3 is 2. The summed E-state index contributed by atoms with van der Waals surface area (Å²) in [5, 5.41) is 9.00. The molecule has 1 heterocycles. The summed E-state index contributed by atoms with van der Waals surface area (Å²) in [5.41, 5.74) is 2.43. The molecule has 0 amide bonds. The SMILES string of the molecule is COc1cc(OC)cc(OCc2nnc(NN)s2)c1. The molecule has 1 aromatic heterocycles. The van der Waals surface area contributed by atoms with Crippen LogP contribution in [0.25, 0.3) is 0 Å². The Morgan fingerprint density at radius 2 is 1.74 bits per heavy atom. The van der Waals surface area contributed by atoms with E-state index in [2.05, 4.69) is 15.6 Å². The molecule has 0 radical (unpaired) electrons. The zero-order chi connectivity index (χ0) is 13.7. The zero-order valence-electron chi connectivity index (χ0n) is 10.5. The first-order valence-corrected chi connectivity index (χ1v) is 6.21. The van der Waals surface area contributed by atoms with E-state index < -0.39 is 0 Å². The Bertz CT molecular complexity index is 524. The molecule has 0 atom stereocenters. The van der Waals surface area contributed by atoms with Gasteiger partial charge < -0.3 is 14.2 Å². The van der Waals surface area contributed by atoms with Crippen molar-refractivity contribution in [1.29, 1.82) is 0 Å². The van der Waals surface area contributed by atoms with Crippen molar-refractivity contribution in [1.82, 2.24) is 10.2 Å². The highest BCUT2D eigenvalue weighted by atomic mass is 32.1. The zero-order valence-corrected chi connectivity index (χ0v) is 11.4. The summed E-state index contributed by atoms with van der Waals surface area (Å²) in [6.07, 6.45) is 0. The Labute approximate surface area is 114 Å².